The molecule has 2 amide bonds. The van der Waals surface area contributed by atoms with Gasteiger partial charge < -0.3 is 14.5 Å². The number of methoxy groups -OCH3 is 1. The van der Waals surface area contributed by atoms with Gasteiger partial charge in [-0.15, -0.1) is 0 Å². The van der Waals surface area contributed by atoms with Gasteiger partial charge in [-0.05, 0) is 50.7 Å². The molecule has 28 heavy (non-hydrogen) atoms. The Morgan fingerprint density at radius 1 is 1.07 bits per heavy atom. The molecule has 152 valence electrons. The van der Waals surface area contributed by atoms with Gasteiger partial charge in [0, 0.05) is 50.8 Å². The van der Waals surface area contributed by atoms with Crippen LogP contribution in [-0.4, -0.2) is 66.0 Å². The summed E-state index contributed by atoms with van der Waals surface area (Å²) in [6, 6.07) is 5.39. The number of carbonyl (C=O) groups excluding carboxylic acids is 2. The maximum Gasteiger partial charge on any atom is 0.272 e. The van der Waals surface area contributed by atoms with Gasteiger partial charge in [-0.1, -0.05) is 12.5 Å². The Balaban J connectivity index is 1.34. The standard InChI is InChI=1S/C22H31N3O3/c1-28-19-7-4-10-22(19)11-5-13-25(16-22)20(26)17-8-14-24(15-9-17)21(27)18-6-2-3-12-23-18/h2-3,6,12,17,19H,4-5,7-11,13-16H2,1H3/t19-,22-/m1/s1. The van der Waals surface area contributed by atoms with Crippen LogP contribution in [-0.2, 0) is 9.53 Å². The third kappa shape index (κ3) is 3.66. The van der Waals surface area contributed by atoms with Crippen LogP contribution in [0.25, 0.3) is 0 Å². The van der Waals surface area contributed by atoms with Gasteiger partial charge in [0.25, 0.3) is 5.91 Å². The number of ether oxygens (including phenoxy) is 1. The number of rotatable bonds is 3. The number of pyridine rings is 1. The molecule has 2 saturated heterocycles. The lowest BCUT2D eigenvalue weighted by Crippen LogP contribution is -2.52. The fourth-order valence-corrected chi connectivity index (χ4v) is 5.53. The molecule has 1 aliphatic carbocycles. The van der Waals surface area contributed by atoms with Gasteiger partial charge >= 0.3 is 0 Å². The van der Waals surface area contributed by atoms with E-state index in [9.17, 15) is 9.59 Å². The smallest absolute Gasteiger partial charge is 0.272 e. The number of nitrogens with zero attached hydrogens (tertiary/aromatic N) is 3. The highest BCUT2D eigenvalue weighted by atomic mass is 16.5. The molecular formula is C22H31N3O3. The summed E-state index contributed by atoms with van der Waals surface area (Å²) in [4.78, 5) is 33.9. The summed E-state index contributed by atoms with van der Waals surface area (Å²) in [7, 11) is 1.81. The van der Waals surface area contributed by atoms with E-state index in [1.165, 1.54) is 19.3 Å². The molecule has 1 aromatic rings. The van der Waals surface area contributed by atoms with Gasteiger partial charge in [0.05, 0.1) is 6.10 Å². The molecule has 0 radical (unpaired) electrons. The minimum absolute atomic E-state index is 0.0303. The summed E-state index contributed by atoms with van der Waals surface area (Å²) in [5, 5.41) is 0. The second-order valence-corrected chi connectivity index (χ2v) is 8.62. The van der Waals surface area contributed by atoms with Crippen molar-refractivity contribution in [2.24, 2.45) is 11.3 Å². The zero-order valence-corrected chi connectivity index (χ0v) is 16.8. The minimum atomic E-state index is -0.0303. The summed E-state index contributed by atoms with van der Waals surface area (Å²) in [6.07, 6.45) is 9.17. The topological polar surface area (TPSA) is 62.7 Å². The highest BCUT2D eigenvalue weighted by Gasteiger charge is 2.47. The predicted octanol–water partition coefficient (Wildman–Crippen LogP) is 2.74. The van der Waals surface area contributed by atoms with Crippen LogP contribution in [0, 0.1) is 11.3 Å². The zero-order valence-electron chi connectivity index (χ0n) is 16.8. The number of hydrogen-bond acceptors (Lipinski definition) is 4. The highest BCUT2D eigenvalue weighted by Crippen LogP contribution is 2.46. The molecular weight excluding hydrogens is 354 g/mol. The lowest BCUT2D eigenvalue weighted by Gasteiger charge is -2.45. The SMILES string of the molecule is CO[C@@H]1CCC[C@]12CCCN(C(=O)C1CCN(C(=O)c3ccccn3)CC1)C2. The van der Waals surface area contributed by atoms with E-state index in [1.807, 2.05) is 24.1 Å². The van der Waals surface area contributed by atoms with E-state index in [0.29, 0.717) is 24.9 Å². The van der Waals surface area contributed by atoms with E-state index in [4.69, 9.17) is 4.74 Å². The third-order valence-electron chi connectivity index (χ3n) is 7.04. The first-order valence-corrected chi connectivity index (χ1v) is 10.6. The Morgan fingerprint density at radius 3 is 2.57 bits per heavy atom. The van der Waals surface area contributed by atoms with Crippen molar-refractivity contribution in [3.05, 3.63) is 30.1 Å². The van der Waals surface area contributed by atoms with Crippen molar-refractivity contribution < 1.29 is 14.3 Å². The Bertz CT molecular complexity index is 702. The van der Waals surface area contributed by atoms with E-state index in [0.717, 1.165) is 38.8 Å². The lowest BCUT2D eigenvalue weighted by molar-refractivity contribution is -0.143. The third-order valence-corrected chi connectivity index (χ3v) is 7.04. The van der Waals surface area contributed by atoms with Gasteiger partial charge in [-0.3, -0.25) is 14.6 Å². The fourth-order valence-electron chi connectivity index (χ4n) is 5.53. The Morgan fingerprint density at radius 2 is 1.86 bits per heavy atom. The molecule has 0 unspecified atom stereocenters. The van der Waals surface area contributed by atoms with Crippen LogP contribution in [0.15, 0.2) is 24.4 Å². The molecule has 0 N–H and O–H groups in total. The Hall–Kier alpha value is -1.95. The average molecular weight is 386 g/mol. The van der Waals surface area contributed by atoms with E-state index < -0.39 is 0 Å². The second kappa shape index (κ2) is 8.19. The fraction of sp³-hybridized carbons (Fsp3) is 0.682. The van der Waals surface area contributed by atoms with Crippen LogP contribution in [0.4, 0.5) is 0 Å². The summed E-state index contributed by atoms with van der Waals surface area (Å²) in [5.41, 5.74) is 0.648. The summed E-state index contributed by atoms with van der Waals surface area (Å²) >= 11 is 0. The van der Waals surface area contributed by atoms with Crippen molar-refractivity contribution in [3.63, 3.8) is 0 Å². The molecule has 1 saturated carbocycles. The van der Waals surface area contributed by atoms with E-state index in [-0.39, 0.29) is 23.1 Å². The van der Waals surface area contributed by atoms with Crippen molar-refractivity contribution >= 4 is 11.8 Å². The Kier molecular flexibility index (Phi) is 5.67. The number of carbonyl (C=O) groups is 2. The maximum atomic E-state index is 13.2. The van der Waals surface area contributed by atoms with Crippen molar-refractivity contribution in [1.82, 2.24) is 14.8 Å². The molecule has 2 aliphatic heterocycles. The summed E-state index contributed by atoms with van der Waals surface area (Å²) in [6.45, 7) is 2.97. The van der Waals surface area contributed by atoms with Crippen LogP contribution >= 0.6 is 0 Å². The van der Waals surface area contributed by atoms with Crippen LogP contribution in [0.2, 0.25) is 0 Å². The first-order valence-electron chi connectivity index (χ1n) is 10.6. The number of piperidine rings is 2. The second-order valence-electron chi connectivity index (χ2n) is 8.62. The normalized spacial score (nSPS) is 28.7. The molecule has 6 heteroatoms. The van der Waals surface area contributed by atoms with Gasteiger partial charge in [-0.25, -0.2) is 0 Å². The van der Waals surface area contributed by atoms with Crippen LogP contribution < -0.4 is 0 Å². The number of aromatic nitrogens is 1. The number of amides is 2. The molecule has 3 fully saturated rings. The molecule has 4 rings (SSSR count). The first-order chi connectivity index (χ1) is 13.6. The van der Waals surface area contributed by atoms with Crippen molar-refractivity contribution in [2.75, 3.05) is 33.3 Å². The van der Waals surface area contributed by atoms with Crippen molar-refractivity contribution in [1.29, 1.82) is 0 Å². The number of hydrogen-bond donors (Lipinski definition) is 0. The van der Waals surface area contributed by atoms with Gasteiger partial charge in [0.2, 0.25) is 5.91 Å². The molecule has 6 nitrogen and oxygen atoms in total. The van der Waals surface area contributed by atoms with Crippen LogP contribution in [0.3, 0.4) is 0 Å². The van der Waals surface area contributed by atoms with Gasteiger partial charge in [-0.2, -0.15) is 0 Å². The molecule has 1 aromatic heterocycles. The lowest BCUT2D eigenvalue weighted by atomic mass is 9.76. The number of likely N-dealkylation sites (tertiary alicyclic amines) is 2. The molecule has 2 atom stereocenters. The molecule has 0 aromatic carbocycles. The summed E-state index contributed by atoms with van der Waals surface area (Å²) < 4.78 is 5.77. The predicted molar refractivity (Wildman–Crippen MR) is 106 cm³/mol. The monoisotopic (exact) mass is 385 g/mol. The Labute approximate surface area is 167 Å². The van der Waals surface area contributed by atoms with E-state index in [1.54, 1.807) is 12.3 Å². The van der Waals surface area contributed by atoms with Crippen molar-refractivity contribution in [3.8, 4) is 0 Å². The highest BCUT2D eigenvalue weighted by molar-refractivity contribution is 5.92. The first kappa shape index (κ1) is 19.4. The quantitative estimate of drug-likeness (QED) is 0.803. The molecule has 3 aliphatic rings. The minimum Gasteiger partial charge on any atom is -0.381 e. The van der Waals surface area contributed by atoms with Gasteiger partial charge in [0.1, 0.15) is 5.69 Å². The van der Waals surface area contributed by atoms with E-state index >= 15 is 0 Å². The molecule has 3 heterocycles. The maximum absolute atomic E-state index is 13.2. The average Bonchev–Trinajstić information content (AvgIpc) is 3.14. The van der Waals surface area contributed by atoms with Crippen LogP contribution in [0.1, 0.15) is 55.4 Å². The van der Waals surface area contributed by atoms with Crippen LogP contribution in [0.5, 0.6) is 0 Å². The molecule has 1 spiro atoms. The van der Waals surface area contributed by atoms with Crippen molar-refractivity contribution in [2.45, 2.75) is 51.0 Å². The van der Waals surface area contributed by atoms with E-state index in [2.05, 4.69) is 9.88 Å². The molecule has 0 bridgehead atoms. The summed E-state index contributed by atoms with van der Waals surface area (Å²) in [5.74, 6) is 0.286. The largest absolute Gasteiger partial charge is 0.381 e. The zero-order chi connectivity index (χ0) is 19.6. The van der Waals surface area contributed by atoms with Gasteiger partial charge in [0.15, 0.2) is 0 Å².